The molecule has 6 N–H and O–H groups in total. The summed E-state index contributed by atoms with van der Waals surface area (Å²) in [5.74, 6) is -2.78. The maximum absolute atomic E-state index is 10.6. The number of nitrogens with one attached hydrogen (secondary N) is 2. The average molecular weight is 450 g/mol. The molecule has 0 saturated carbocycles. The first-order valence-corrected chi connectivity index (χ1v) is 10.5. The normalized spacial score (nSPS) is 12.4. The minimum atomic E-state index is -0.819. The molecular weight excluding hydrogens is 432 g/mol. The van der Waals surface area contributed by atoms with Crippen LogP contribution >= 0.6 is 0 Å². The molecule has 3 aromatic heterocycles. The summed E-state index contributed by atoms with van der Waals surface area (Å²) in [7, 11) is 0. The lowest BCUT2D eigenvalue weighted by atomic mass is 10.00. The summed E-state index contributed by atoms with van der Waals surface area (Å²) >= 11 is 0. The Labute approximate surface area is 192 Å². The van der Waals surface area contributed by atoms with Crippen molar-refractivity contribution in [2.24, 2.45) is 0 Å². The van der Waals surface area contributed by atoms with Gasteiger partial charge >= 0.3 is 0 Å². The molecule has 0 unspecified atom stereocenters. The van der Waals surface area contributed by atoms with Crippen molar-refractivity contribution in [3.8, 4) is 34.1 Å². The van der Waals surface area contributed by atoms with Crippen LogP contribution in [0.25, 0.3) is 57.5 Å². The topological polar surface area (TPSA) is 138 Å². The number of benzene rings is 1. The lowest BCUT2D eigenvalue weighted by Crippen LogP contribution is -1.90. The van der Waals surface area contributed by atoms with Crippen LogP contribution in [0.2, 0.25) is 0 Å². The minimum absolute atomic E-state index is 0.0853. The van der Waals surface area contributed by atoms with Crippen LogP contribution in [-0.2, 0) is 0 Å². The quantitative estimate of drug-likeness (QED) is 0.151. The SMILES string of the molecule is Oc1cc(-c2c3nc(cc4ccc(cc5ccc(cc6nc2C=C6)[nH]5)[nH]4)C=C3)c(O)c(O)c1O. The Morgan fingerprint density at radius 2 is 1.03 bits per heavy atom. The number of aromatic nitrogens is 4. The molecule has 34 heavy (non-hydrogen) atoms. The lowest BCUT2D eigenvalue weighted by Gasteiger charge is -2.11. The molecule has 0 saturated heterocycles. The highest BCUT2D eigenvalue weighted by atomic mass is 16.3. The second-order valence-corrected chi connectivity index (χ2v) is 8.05. The number of hydrogen-bond acceptors (Lipinski definition) is 6. The summed E-state index contributed by atoms with van der Waals surface area (Å²) in [6.07, 6.45) is 7.18. The molecular formula is C26H18N4O4. The Balaban J connectivity index is 1.74. The molecule has 8 nitrogen and oxygen atoms in total. The van der Waals surface area contributed by atoms with Gasteiger partial charge in [-0.2, -0.15) is 0 Å². The summed E-state index contributed by atoms with van der Waals surface area (Å²) in [6.45, 7) is 0. The molecule has 0 radical (unpaired) electrons. The van der Waals surface area contributed by atoms with Crippen LogP contribution in [0.3, 0.4) is 0 Å². The highest BCUT2D eigenvalue weighted by Crippen LogP contribution is 2.49. The highest BCUT2D eigenvalue weighted by Gasteiger charge is 2.22. The summed E-state index contributed by atoms with van der Waals surface area (Å²) in [5.41, 5.74) is 6.34. The van der Waals surface area contributed by atoms with E-state index in [0.717, 1.165) is 22.1 Å². The first-order valence-electron chi connectivity index (χ1n) is 10.5. The zero-order valence-corrected chi connectivity index (χ0v) is 17.6. The van der Waals surface area contributed by atoms with E-state index in [2.05, 4.69) is 19.9 Å². The largest absolute Gasteiger partial charge is 0.504 e. The maximum Gasteiger partial charge on any atom is 0.204 e. The smallest absolute Gasteiger partial charge is 0.204 e. The average Bonchev–Trinajstić information content (AvgIpc) is 3.61. The predicted molar refractivity (Wildman–Crippen MR) is 131 cm³/mol. The fourth-order valence-corrected chi connectivity index (χ4v) is 4.11. The molecule has 6 rings (SSSR count). The number of H-pyrrole nitrogens is 2. The van der Waals surface area contributed by atoms with Crippen LogP contribution in [-0.4, -0.2) is 40.4 Å². The highest BCUT2D eigenvalue weighted by molar-refractivity contribution is 5.92. The van der Waals surface area contributed by atoms with Gasteiger partial charge in [0.05, 0.1) is 22.8 Å². The van der Waals surface area contributed by atoms with Gasteiger partial charge < -0.3 is 30.4 Å². The van der Waals surface area contributed by atoms with E-state index in [4.69, 9.17) is 0 Å². The molecule has 8 heteroatoms. The molecule has 0 fully saturated rings. The van der Waals surface area contributed by atoms with Gasteiger partial charge in [-0.3, -0.25) is 0 Å². The Morgan fingerprint density at radius 1 is 0.529 bits per heavy atom. The zero-order valence-electron chi connectivity index (χ0n) is 17.6. The fraction of sp³-hybridized carbons (Fsp3) is 0. The Morgan fingerprint density at radius 3 is 1.56 bits per heavy atom. The van der Waals surface area contributed by atoms with Gasteiger partial charge in [0.1, 0.15) is 0 Å². The molecule has 0 aliphatic carbocycles. The second-order valence-electron chi connectivity index (χ2n) is 8.05. The van der Waals surface area contributed by atoms with Crippen molar-refractivity contribution in [1.29, 1.82) is 0 Å². The first kappa shape index (κ1) is 19.7. The third-order valence-corrected chi connectivity index (χ3v) is 5.71. The summed E-state index contributed by atoms with van der Waals surface area (Å²) in [6, 6.07) is 14.8. The standard InChI is InChI=1S/C26H18N4O4/c31-22-12-19(24(32)26(34)25(22)33)23-20-7-5-17(29-20)10-15-3-1-13(27-15)9-14-2-4-16(28-14)11-18-6-8-21(23)30-18/h1-12,27-28,31-34H. The third kappa shape index (κ3) is 3.25. The lowest BCUT2D eigenvalue weighted by molar-refractivity contribution is 0.347. The number of rotatable bonds is 1. The summed E-state index contributed by atoms with van der Waals surface area (Å²) < 4.78 is 0. The Hall–Kier alpha value is -4.98. The van der Waals surface area contributed by atoms with Gasteiger partial charge in [0.2, 0.25) is 11.5 Å². The molecule has 5 heterocycles. The third-order valence-electron chi connectivity index (χ3n) is 5.71. The number of hydrogen-bond donors (Lipinski definition) is 6. The number of aromatic hydroxyl groups is 4. The second kappa shape index (κ2) is 7.28. The first-order chi connectivity index (χ1) is 16.4. The molecule has 8 bridgehead atoms. The zero-order chi connectivity index (χ0) is 23.4. The monoisotopic (exact) mass is 450 g/mol. The van der Waals surface area contributed by atoms with Crippen LogP contribution in [0, 0.1) is 0 Å². The van der Waals surface area contributed by atoms with Gasteiger partial charge in [0.15, 0.2) is 11.5 Å². The van der Waals surface area contributed by atoms with Crippen LogP contribution in [0.15, 0.2) is 48.5 Å². The Kier molecular flexibility index (Phi) is 4.21. The van der Waals surface area contributed by atoms with E-state index in [1.165, 1.54) is 6.07 Å². The molecule has 0 amide bonds. The number of nitrogens with zero attached hydrogens (tertiary/aromatic N) is 2. The minimum Gasteiger partial charge on any atom is -0.504 e. The molecule has 2 aliphatic rings. The Bertz CT molecular complexity index is 1620. The van der Waals surface area contributed by atoms with Gasteiger partial charge in [-0.05, 0) is 72.8 Å². The van der Waals surface area contributed by atoms with E-state index in [1.807, 2.05) is 54.6 Å². The van der Waals surface area contributed by atoms with Gasteiger partial charge in [-0.25, -0.2) is 9.97 Å². The summed E-state index contributed by atoms with van der Waals surface area (Å²) in [5, 5.41) is 40.8. The van der Waals surface area contributed by atoms with Gasteiger partial charge in [-0.15, -0.1) is 0 Å². The molecule has 166 valence electrons. The molecule has 4 aromatic rings. The van der Waals surface area contributed by atoms with E-state index >= 15 is 0 Å². The van der Waals surface area contributed by atoms with Crippen LogP contribution in [0.1, 0.15) is 22.8 Å². The van der Waals surface area contributed by atoms with E-state index in [0.29, 0.717) is 28.3 Å². The molecule has 0 atom stereocenters. The van der Waals surface area contributed by atoms with Crippen molar-refractivity contribution in [1.82, 2.24) is 19.9 Å². The van der Waals surface area contributed by atoms with E-state index in [1.54, 1.807) is 12.2 Å². The van der Waals surface area contributed by atoms with Crippen LogP contribution in [0.5, 0.6) is 23.0 Å². The number of fused-ring (bicyclic) bond motifs is 8. The predicted octanol–water partition coefficient (Wildman–Crippen LogP) is 5.15. The van der Waals surface area contributed by atoms with Crippen molar-refractivity contribution in [2.45, 2.75) is 0 Å². The van der Waals surface area contributed by atoms with E-state index in [9.17, 15) is 20.4 Å². The van der Waals surface area contributed by atoms with Crippen LogP contribution in [0.4, 0.5) is 0 Å². The van der Waals surface area contributed by atoms with E-state index in [-0.39, 0.29) is 5.56 Å². The van der Waals surface area contributed by atoms with Crippen molar-refractivity contribution < 1.29 is 20.4 Å². The molecule has 0 spiro atoms. The maximum atomic E-state index is 10.6. The van der Waals surface area contributed by atoms with Gasteiger partial charge in [-0.1, -0.05) is 0 Å². The van der Waals surface area contributed by atoms with Crippen molar-refractivity contribution >= 4 is 46.4 Å². The van der Waals surface area contributed by atoms with Crippen molar-refractivity contribution in [3.63, 3.8) is 0 Å². The van der Waals surface area contributed by atoms with Crippen LogP contribution < -0.4 is 0 Å². The van der Waals surface area contributed by atoms with Gasteiger partial charge in [0.25, 0.3) is 0 Å². The number of phenolic OH excluding ortho intramolecular Hbond substituents is 4. The van der Waals surface area contributed by atoms with E-state index < -0.39 is 23.0 Å². The fourth-order valence-electron chi connectivity index (χ4n) is 4.11. The van der Waals surface area contributed by atoms with Gasteiger partial charge in [0, 0.05) is 33.2 Å². The van der Waals surface area contributed by atoms with Crippen molar-refractivity contribution in [3.05, 3.63) is 71.3 Å². The van der Waals surface area contributed by atoms with Crippen molar-refractivity contribution in [2.75, 3.05) is 0 Å². The number of aromatic amines is 2. The molecule has 1 aromatic carbocycles. The summed E-state index contributed by atoms with van der Waals surface area (Å²) in [4.78, 5) is 16.0. The molecule has 2 aliphatic heterocycles. The number of phenols is 4.